The van der Waals surface area contributed by atoms with Gasteiger partial charge in [0, 0.05) is 0 Å². The molecule has 45 heavy (non-hydrogen) atoms. The van der Waals surface area contributed by atoms with Gasteiger partial charge in [0.05, 0.1) is 0 Å². The molecule has 0 saturated carbocycles. The molecule has 5 atom stereocenters. The summed E-state index contributed by atoms with van der Waals surface area (Å²) < 4.78 is 46.7. The number of nitrogens with zero attached hydrogens (tertiary/aromatic N) is 2. The van der Waals surface area contributed by atoms with Crippen LogP contribution in [0.25, 0.3) is 0 Å². The Balaban J connectivity index is 1.27. The molecule has 5 rings (SSSR count). The summed E-state index contributed by atoms with van der Waals surface area (Å²) in [5, 5.41) is 14.6. The van der Waals surface area contributed by atoms with Gasteiger partial charge in [0.15, 0.2) is 0 Å². The number of rotatable bonds is 13. The van der Waals surface area contributed by atoms with Crippen LogP contribution in [0.15, 0.2) is 59.5 Å². The third-order valence-electron chi connectivity index (χ3n) is 8.70. The molecule has 0 bridgehead atoms. The molecule has 3 heterocycles. The van der Waals surface area contributed by atoms with E-state index in [0.717, 1.165) is 38.0 Å². The van der Waals surface area contributed by atoms with Crippen molar-refractivity contribution in [3.8, 4) is 0 Å². The molecule has 1 amide bonds. The number of alkyl halides is 2. The SMILES string of the molecule is Cc1ccc(S(=O)(=O)N(CC(C)C)C[C@@H](O)[C@H](CC2CCN(Cc3ccccc3)CC2)NC(=O)O[C@H]2CO[C@H]3OC[I-][C@H]32)cc1. The summed E-state index contributed by atoms with van der Waals surface area (Å²) in [5.41, 5.74) is 2.24. The Morgan fingerprint density at radius 1 is 1.09 bits per heavy atom. The Labute approximate surface area is 278 Å². The van der Waals surface area contributed by atoms with Crippen molar-refractivity contribution < 1.29 is 53.7 Å². The fourth-order valence-electron chi connectivity index (χ4n) is 6.22. The van der Waals surface area contributed by atoms with Crippen LogP contribution in [0.5, 0.6) is 0 Å². The van der Waals surface area contributed by atoms with Crippen LogP contribution in [0.1, 0.15) is 44.2 Å². The number of aryl methyl sites for hydroxylation is 1. The van der Waals surface area contributed by atoms with E-state index < -0.39 is 28.3 Å². The van der Waals surface area contributed by atoms with Gasteiger partial charge in [-0.1, -0.05) is 48.0 Å². The molecule has 0 unspecified atom stereocenters. The first-order valence-electron chi connectivity index (χ1n) is 15.9. The van der Waals surface area contributed by atoms with Gasteiger partial charge in [0.2, 0.25) is 0 Å². The molecule has 10 nitrogen and oxygen atoms in total. The number of fused-ring (bicyclic) bond motifs is 1. The van der Waals surface area contributed by atoms with E-state index in [4.69, 9.17) is 14.2 Å². The van der Waals surface area contributed by atoms with Gasteiger partial charge < -0.3 is 0 Å². The smallest absolute Gasteiger partial charge is 0.0580 e. The van der Waals surface area contributed by atoms with Crippen LogP contribution in [0.2, 0.25) is 0 Å². The molecule has 2 aromatic carbocycles. The standard InChI is InChI=1S/C33H47IN3O7S/c1-23(2)18-37(45(40,41)27-11-9-24(3)10-12-27)20-29(38)28(35-33(39)44-30-21-42-32-31(30)34-22-43-32)17-25-13-15-36(16-14-25)19-26-7-5-4-6-8-26/h4-12,23,25,28-32,38H,13-22H2,1-3H3,(H,35,39)/q-1/t28-,29+,30-,31-,32-/m0/s1. The number of hydrogen-bond acceptors (Lipinski definition) is 8. The number of carbonyl (C=O) groups excluding carboxylic acids is 1. The van der Waals surface area contributed by atoms with E-state index >= 15 is 0 Å². The molecule has 3 aliphatic rings. The van der Waals surface area contributed by atoms with Crippen molar-refractivity contribution in [3.05, 3.63) is 65.7 Å². The van der Waals surface area contributed by atoms with Gasteiger partial charge in [-0.15, -0.1) is 0 Å². The summed E-state index contributed by atoms with van der Waals surface area (Å²) in [4.78, 5) is 15.9. The van der Waals surface area contributed by atoms with Crippen LogP contribution >= 0.6 is 0 Å². The Hall–Kier alpha value is -1.81. The topological polar surface area (TPSA) is 118 Å². The zero-order chi connectivity index (χ0) is 32.0. The maximum atomic E-state index is 13.7. The zero-order valence-corrected chi connectivity index (χ0v) is 29.4. The Morgan fingerprint density at radius 2 is 1.80 bits per heavy atom. The zero-order valence-electron chi connectivity index (χ0n) is 26.4. The van der Waals surface area contributed by atoms with E-state index in [1.54, 1.807) is 24.3 Å². The number of hydrogen-bond donors (Lipinski definition) is 2. The van der Waals surface area contributed by atoms with Crippen molar-refractivity contribution in [2.45, 2.75) is 79.9 Å². The first-order valence-corrected chi connectivity index (χ1v) is 20.1. The molecule has 250 valence electrons. The van der Waals surface area contributed by atoms with Crippen molar-refractivity contribution >= 4 is 16.1 Å². The fourth-order valence-corrected chi connectivity index (χ4v) is 10.6. The molecular formula is C33H47IN3O7S-. The number of carbonyl (C=O) groups is 1. The number of likely N-dealkylation sites (tertiary alicyclic amines) is 1. The second kappa shape index (κ2) is 15.9. The van der Waals surface area contributed by atoms with Gasteiger partial charge in [-0.2, -0.15) is 0 Å². The number of benzene rings is 2. The first kappa shape index (κ1) is 34.5. The van der Waals surface area contributed by atoms with Gasteiger partial charge in [-0.3, -0.25) is 0 Å². The second-order valence-electron chi connectivity index (χ2n) is 12.8. The number of sulfonamides is 1. The van der Waals surface area contributed by atoms with Gasteiger partial charge in [0.1, 0.15) is 0 Å². The fraction of sp³-hybridized carbons (Fsp3) is 0.606. The number of halogens is 1. The normalized spacial score (nSPS) is 24.3. The number of alkyl carbamates (subject to hydrolysis) is 1. The minimum Gasteiger partial charge on any atom is -0.0580 e. The molecule has 12 heteroatoms. The van der Waals surface area contributed by atoms with Crippen LogP contribution in [0, 0.1) is 18.8 Å². The van der Waals surface area contributed by atoms with Gasteiger partial charge in [-0.05, 0) is 12.5 Å². The Bertz CT molecular complexity index is 1340. The molecule has 0 spiro atoms. The van der Waals surface area contributed by atoms with Crippen LogP contribution in [-0.4, -0.2) is 94.7 Å². The van der Waals surface area contributed by atoms with Crippen LogP contribution < -0.4 is 26.5 Å². The monoisotopic (exact) mass is 756 g/mol. The van der Waals surface area contributed by atoms with Crippen LogP contribution in [0.3, 0.4) is 0 Å². The molecule has 3 aliphatic heterocycles. The van der Waals surface area contributed by atoms with Gasteiger partial charge in [-0.25, -0.2) is 0 Å². The Kier molecular flexibility index (Phi) is 12.2. The average molecular weight is 757 g/mol. The van der Waals surface area contributed by atoms with E-state index in [1.807, 2.05) is 26.8 Å². The van der Waals surface area contributed by atoms with Crippen molar-refractivity contribution in [3.63, 3.8) is 0 Å². The summed E-state index contributed by atoms with van der Waals surface area (Å²) in [6, 6.07) is 16.5. The molecule has 0 radical (unpaired) electrons. The number of aliphatic hydroxyl groups excluding tert-OH is 1. The van der Waals surface area contributed by atoms with E-state index in [-0.39, 0.29) is 67.3 Å². The van der Waals surface area contributed by atoms with Crippen molar-refractivity contribution in [1.29, 1.82) is 0 Å². The summed E-state index contributed by atoms with van der Waals surface area (Å²) in [5.74, 6) is 0.299. The van der Waals surface area contributed by atoms with Gasteiger partial charge >= 0.3 is 219 Å². The minimum absolute atomic E-state index is 0.0370. The molecule has 3 fully saturated rings. The molecule has 3 saturated heterocycles. The van der Waals surface area contributed by atoms with Gasteiger partial charge in [0.25, 0.3) is 0 Å². The maximum absolute atomic E-state index is 13.7. The number of aliphatic hydroxyl groups is 1. The summed E-state index contributed by atoms with van der Waals surface area (Å²) in [6.45, 7) is 8.94. The molecule has 0 aliphatic carbocycles. The summed E-state index contributed by atoms with van der Waals surface area (Å²) in [7, 11) is -3.87. The number of amides is 1. The molecular weight excluding hydrogens is 709 g/mol. The van der Waals surface area contributed by atoms with Crippen molar-refractivity contribution in [1.82, 2.24) is 14.5 Å². The molecule has 2 aromatic rings. The van der Waals surface area contributed by atoms with Crippen molar-refractivity contribution in [2.75, 3.05) is 37.4 Å². The van der Waals surface area contributed by atoms with E-state index in [9.17, 15) is 18.3 Å². The Morgan fingerprint density at radius 3 is 2.49 bits per heavy atom. The second-order valence-corrected chi connectivity index (χ2v) is 17.7. The molecule has 0 aromatic heterocycles. The summed E-state index contributed by atoms with van der Waals surface area (Å²) >= 11 is -0.284. The number of nitrogens with one attached hydrogen (secondary N) is 1. The number of piperidine rings is 1. The van der Waals surface area contributed by atoms with E-state index in [1.165, 1.54) is 9.87 Å². The minimum atomic E-state index is -3.87. The average Bonchev–Trinajstić information content (AvgIpc) is 3.63. The predicted molar refractivity (Wildman–Crippen MR) is 167 cm³/mol. The quantitative estimate of drug-likeness (QED) is 0.225. The molecule has 2 N–H and O–H groups in total. The van der Waals surface area contributed by atoms with Crippen LogP contribution in [0.4, 0.5) is 4.79 Å². The van der Waals surface area contributed by atoms with Crippen LogP contribution in [-0.2, 0) is 30.8 Å². The number of ether oxygens (including phenoxy) is 3. The first-order chi connectivity index (χ1) is 21.6. The summed E-state index contributed by atoms with van der Waals surface area (Å²) in [6.07, 6.45) is -0.0357. The third-order valence-corrected chi connectivity index (χ3v) is 13.7. The van der Waals surface area contributed by atoms with E-state index in [2.05, 4.69) is 34.5 Å². The van der Waals surface area contributed by atoms with Crippen molar-refractivity contribution in [2.24, 2.45) is 11.8 Å². The third kappa shape index (κ3) is 9.39. The predicted octanol–water partition coefficient (Wildman–Crippen LogP) is 0.570. The van der Waals surface area contributed by atoms with E-state index in [0.29, 0.717) is 17.6 Å².